The van der Waals surface area contributed by atoms with Gasteiger partial charge < -0.3 is 54.2 Å². The number of esters is 1. The predicted molar refractivity (Wildman–Crippen MR) is 128 cm³/mol. The Kier molecular flexibility index (Phi) is 10.8. The lowest BCUT2D eigenvalue weighted by Gasteiger charge is -2.42. The number of carbonyl (C=O) groups excluding carboxylic acids is 2. The summed E-state index contributed by atoms with van der Waals surface area (Å²) < 4.78 is 21.8. The van der Waals surface area contributed by atoms with Crippen molar-refractivity contribution >= 4 is 11.9 Å². The monoisotopic (exact) mass is 537 g/mol. The first-order chi connectivity index (χ1) is 18.2. The molecule has 12 nitrogen and oxygen atoms in total. The summed E-state index contributed by atoms with van der Waals surface area (Å²) in [6, 6.07) is 0. The highest BCUT2D eigenvalue weighted by molar-refractivity contribution is 5.89. The van der Waals surface area contributed by atoms with Crippen LogP contribution in [0.1, 0.15) is 12.8 Å². The maximum atomic E-state index is 12.5. The summed E-state index contributed by atoms with van der Waals surface area (Å²) in [5.41, 5.74) is 1.13. The number of hydrogen-bond donors (Lipinski definition) is 5. The maximum Gasteiger partial charge on any atom is 0.337 e. The Morgan fingerprint density at radius 2 is 2.00 bits per heavy atom. The first-order valence-electron chi connectivity index (χ1n) is 12.3. The first kappa shape index (κ1) is 29.7. The van der Waals surface area contributed by atoms with Gasteiger partial charge in [0.2, 0.25) is 6.29 Å². The second-order valence-corrected chi connectivity index (χ2v) is 9.26. The van der Waals surface area contributed by atoms with E-state index in [0.29, 0.717) is 19.5 Å². The molecule has 3 aliphatic rings. The van der Waals surface area contributed by atoms with Crippen molar-refractivity contribution in [1.29, 1.82) is 0 Å². The minimum absolute atomic E-state index is 0.0154. The van der Waals surface area contributed by atoms with Crippen LogP contribution in [0.15, 0.2) is 60.6 Å². The van der Waals surface area contributed by atoms with Gasteiger partial charge in [0.25, 0.3) is 0 Å². The van der Waals surface area contributed by atoms with Crippen LogP contribution < -0.4 is 10.0 Å². The quantitative estimate of drug-likeness (QED) is 0.134. The van der Waals surface area contributed by atoms with E-state index in [4.69, 9.17) is 18.9 Å². The second kappa shape index (κ2) is 13.8. The van der Waals surface area contributed by atoms with E-state index in [2.05, 4.69) is 6.58 Å². The van der Waals surface area contributed by atoms with Crippen LogP contribution in [-0.2, 0) is 28.5 Å². The molecule has 0 spiro atoms. The third kappa shape index (κ3) is 7.17. The van der Waals surface area contributed by atoms with Crippen LogP contribution in [0.3, 0.4) is 0 Å². The van der Waals surface area contributed by atoms with Crippen molar-refractivity contribution in [2.75, 3.05) is 26.8 Å². The van der Waals surface area contributed by atoms with Crippen LogP contribution in [-0.4, -0.2) is 96.2 Å². The summed E-state index contributed by atoms with van der Waals surface area (Å²) in [4.78, 5) is 24.3. The molecule has 0 saturated carbocycles. The smallest absolute Gasteiger partial charge is 0.337 e. The van der Waals surface area contributed by atoms with Crippen molar-refractivity contribution in [3.63, 3.8) is 0 Å². The van der Waals surface area contributed by atoms with Gasteiger partial charge in [0, 0.05) is 23.9 Å². The summed E-state index contributed by atoms with van der Waals surface area (Å²) >= 11 is 0. The Bertz CT molecular complexity index is 972. The lowest BCUT2D eigenvalue weighted by molar-refractivity contribution is -0.842. The van der Waals surface area contributed by atoms with Crippen molar-refractivity contribution < 1.29 is 59.0 Å². The average Bonchev–Trinajstić information content (AvgIpc) is 2.91. The van der Waals surface area contributed by atoms with Gasteiger partial charge in [0.05, 0.1) is 44.2 Å². The number of aliphatic hydroxyl groups is 4. The van der Waals surface area contributed by atoms with Gasteiger partial charge >= 0.3 is 5.97 Å². The Morgan fingerprint density at radius 1 is 1.24 bits per heavy atom. The molecule has 9 atom stereocenters. The lowest BCUT2D eigenvalue weighted by Crippen LogP contribution is -3.08. The minimum Gasteiger partial charge on any atom is -0.550 e. The molecular weight excluding hydrogens is 502 g/mol. The van der Waals surface area contributed by atoms with Gasteiger partial charge in [-0.05, 0) is 18.6 Å². The third-order valence-electron chi connectivity index (χ3n) is 6.70. The number of quaternary nitrogens is 1. The fourth-order valence-electron chi connectivity index (χ4n) is 4.57. The molecular formula is C26H35NO11. The van der Waals surface area contributed by atoms with Gasteiger partial charge in [-0.2, -0.15) is 0 Å². The lowest BCUT2D eigenvalue weighted by atomic mass is 9.83. The van der Waals surface area contributed by atoms with Crippen LogP contribution >= 0.6 is 0 Å². The summed E-state index contributed by atoms with van der Waals surface area (Å²) in [7, 11) is 1.24. The van der Waals surface area contributed by atoms with Crippen molar-refractivity contribution in [2.24, 2.45) is 11.8 Å². The third-order valence-corrected chi connectivity index (χ3v) is 6.70. The highest BCUT2D eigenvalue weighted by Crippen LogP contribution is 2.36. The molecule has 12 heteroatoms. The molecule has 0 amide bonds. The van der Waals surface area contributed by atoms with Gasteiger partial charge in [-0.1, -0.05) is 18.2 Å². The highest BCUT2D eigenvalue weighted by Gasteiger charge is 2.47. The fraction of sp³-hybridized carbons (Fsp3) is 0.538. The molecule has 38 heavy (non-hydrogen) atoms. The molecule has 1 fully saturated rings. The molecule has 3 heterocycles. The van der Waals surface area contributed by atoms with Gasteiger partial charge in [-0.15, -0.1) is 6.58 Å². The van der Waals surface area contributed by atoms with E-state index in [1.54, 1.807) is 6.08 Å². The van der Waals surface area contributed by atoms with Crippen molar-refractivity contribution in [2.45, 2.75) is 49.8 Å². The fourth-order valence-corrected chi connectivity index (χ4v) is 4.57. The standard InChI is InChI=1S/C26H35NO11/c1-3-16-17(9-8-15-6-4-10-27(12-15)11-5-7-20(29)30)18(24(34)35-2)14-36-25(16)38-26-23(33)22(32)21(31)19(13-28)37-26/h3-4,6,8-10,14,16-17,19,21-23,25-26,28,31-33H,1,5,7,11-13H2,2H3,(H,29,30). The van der Waals surface area contributed by atoms with E-state index < -0.39 is 67.4 Å². The van der Waals surface area contributed by atoms with E-state index >= 15 is 0 Å². The van der Waals surface area contributed by atoms with Crippen molar-refractivity contribution in [3.8, 4) is 0 Å². The van der Waals surface area contributed by atoms with E-state index in [1.165, 1.54) is 19.4 Å². The molecule has 0 aromatic rings. The Hall–Kier alpha value is -2.84. The SMILES string of the molecule is C=CC1C(OC2OC(CO)C(O)C(O)C2O)OC=C(C(=O)OC)C1C=CC1=CC=C[NH+](CCCC(=O)[O-])C1. The molecule has 3 rings (SSSR count). The number of carboxylic acid groups (broad SMARTS) is 1. The number of allylic oxidation sites excluding steroid dienone is 3. The Labute approximate surface area is 220 Å². The number of ether oxygens (including phenoxy) is 4. The number of hydrogen-bond acceptors (Lipinski definition) is 11. The maximum absolute atomic E-state index is 12.5. The number of rotatable bonds is 11. The average molecular weight is 538 g/mol. The summed E-state index contributed by atoms with van der Waals surface area (Å²) in [6.07, 6.45) is 4.01. The Balaban J connectivity index is 1.77. The van der Waals surface area contributed by atoms with Gasteiger partial charge in [-0.3, -0.25) is 0 Å². The molecule has 0 radical (unpaired) electrons. The van der Waals surface area contributed by atoms with E-state index in [-0.39, 0.29) is 12.0 Å². The summed E-state index contributed by atoms with van der Waals surface area (Å²) in [5.74, 6) is -2.98. The minimum atomic E-state index is -1.63. The van der Waals surface area contributed by atoms with Gasteiger partial charge in [0.15, 0.2) is 6.29 Å². The number of aliphatic hydroxyl groups excluding tert-OH is 4. The predicted octanol–water partition coefficient (Wildman–Crippen LogP) is -2.94. The molecule has 9 unspecified atom stereocenters. The van der Waals surface area contributed by atoms with Crippen LogP contribution in [0.25, 0.3) is 0 Å². The van der Waals surface area contributed by atoms with Crippen LogP contribution in [0.4, 0.5) is 0 Å². The summed E-state index contributed by atoms with van der Waals surface area (Å²) in [5, 5.41) is 50.6. The number of carboxylic acids is 1. The van der Waals surface area contributed by atoms with E-state index in [9.17, 15) is 35.1 Å². The molecule has 0 aliphatic carbocycles. The molecule has 3 aliphatic heterocycles. The molecule has 5 N–H and O–H groups in total. The number of nitrogens with one attached hydrogen (secondary N) is 1. The molecule has 1 saturated heterocycles. The van der Waals surface area contributed by atoms with Gasteiger partial charge in [0.1, 0.15) is 31.0 Å². The highest BCUT2D eigenvalue weighted by atomic mass is 16.8. The molecule has 0 aromatic heterocycles. The zero-order valence-corrected chi connectivity index (χ0v) is 21.0. The largest absolute Gasteiger partial charge is 0.550 e. The number of methoxy groups -OCH3 is 1. The molecule has 210 valence electrons. The number of aliphatic carboxylic acids is 1. The van der Waals surface area contributed by atoms with Crippen LogP contribution in [0.5, 0.6) is 0 Å². The zero-order valence-electron chi connectivity index (χ0n) is 21.0. The van der Waals surface area contributed by atoms with E-state index in [0.717, 1.165) is 10.5 Å². The Morgan fingerprint density at radius 3 is 2.66 bits per heavy atom. The summed E-state index contributed by atoms with van der Waals surface area (Å²) in [6.45, 7) is 4.44. The second-order valence-electron chi connectivity index (χ2n) is 9.26. The van der Waals surface area contributed by atoms with Gasteiger partial charge in [-0.25, -0.2) is 4.79 Å². The molecule has 0 aromatic carbocycles. The normalized spacial score (nSPS) is 35.2. The van der Waals surface area contributed by atoms with Crippen LogP contribution in [0.2, 0.25) is 0 Å². The first-order valence-corrected chi connectivity index (χ1v) is 12.3. The van der Waals surface area contributed by atoms with E-state index in [1.807, 2.05) is 24.4 Å². The number of carbonyl (C=O) groups is 2. The zero-order chi connectivity index (χ0) is 27.8. The van der Waals surface area contributed by atoms with Crippen molar-refractivity contribution in [3.05, 3.63) is 60.6 Å². The van der Waals surface area contributed by atoms with Crippen molar-refractivity contribution in [1.82, 2.24) is 0 Å². The topological polar surface area (TPSA) is 179 Å². The van der Waals surface area contributed by atoms with Crippen LogP contribution in [0, 0.1) is 11.8 Å². The molecule has 0 bridgehead atoms.